The van der Waals surface area contributed by atoms with Crippen LogP contribution in [-0.4, -0.2) is 47.7 Å². The molecule has 1 aromatic carbocycles. The van der Waals surface area contributed by atoms with E-state index in [2.05, 4.69) is 41.5 Å². The van der Waals surface area contributed by atoms with Crippen molar-refractivity contribution in [1.29, 1.82) is 0 Å². The molecule has 2 fully saturated rings. The van der Waals surface area contributed by atoms with Crippen LogP contribution in [0.25, 0.3) is 0 Å². The molecular formula is C29H44N2O7Si. The number of aliphatic hydroxyl groups is 1. The summed E-state index contributed by atoms with van der Waals surface area (Å²) in [5.41, 5.74) is -1.59. The molecule has 0 aliphatic carbocycles. The van der Waals surface area contributed by atoms with Crippen molar-refractivity contribution >= 4 is 8.56 Å². The summed E-state index contributed by atoms with van der Waals surface area (Å²) in [6, 6.07) is 10.8. The topological polar surface area (TPSA) is 101 Å². The first-order valence-corrected chi connectivity index (χ1v) is 15.6. The molecule has 216 valence electrons. The van der Waals surface area contributed by atoms with Crippen LogP contribution in [0.2, 0.25) is 10.1 Å². The summed E-state index contributed by atoms with van der Waals surface area (Å²) in [5.74, 6) is 0.0644. The summed E-state index contributed by atoms with van der Waals surface area (Å²) in [5, 5.41) is 11.4. The predicted molar refractivity (Wildman–Crippen MR) is 151 cm³/mol. The molecule has 1 N–H and O–H groups in total. The summed E-state index contributed by atoms with van der Waals surface area (Å²) in [6.45, 7) is 17.0. The number of benzene rings is 1. The van der Waals surface area contributed by atoms with E-state index in [1.165, 1.54) is 16.8 Å². The fourth-order valence-electron chi connectivity index (χ4n) is 6.27. The number of aromatic nitrogens is 2. The van der Waals surface area contributed by atoms with Crippen LogP contribution in [0.15, 0.2) is 52.2 Å². The van der Waals surface area contributed by atoms with Crippen LogP contribution >= 0.6 is 0 Å². The summed E-state index contributed by atoms with van der Waals surface area (Å²) >= 11 is 0. The van der Waals surface area contributed by atoms with Gasteiger partial charge in [-0.1, -0.05) is 85.7 Å². The molecule has 9 nitrogen and oxygen atoms in total. The van der Waals surface area contributed by atoms with E-state index in [0.717, 1.165) is 10.1 Å². The second-order valence-corrected chi connectivity index (χ2v) is 18.0. The first-order valence-electron chi connectivity index (χ1n) is 13.8. The standard InChI is InChI=1S/C29H44N2O7Si/c1-20(2)16-29(25(33)24-22(37-29)18-36-39(38-24,27(3,4)5)28(6,7)8)31-15-14-23(32)30(26(31)34)19-35-17-21-12-10-9-11-13-21/h9-15,20,22,24-25,33H,16-19H2,1-8H3/t22-,24-,25-,29-/m1/s1. The maximum atomic E-state index is 13.8. The predicted octanol–water partition coefficient (Wildman–Crippen LogP) is 4.10. The minimum atomic E-state index is -2.90. The average molecular weight is 561 g/mol. The highest BCUT2D eigenvalue weighted by Crippen LogP contribution is 2.56. The van der Waals surface area contributed by atoms with Crippen molar-refractivity contribution in [2.75, 3.05) is 6.61 Å². The smallest absolute Gasteiger partial charge is 0.349 e. The number of aliphatic hydroxyl groups excluding tert-OH is 1. The molecule has 0 spiro atoms. The summed E-state index contributed by atoms with van der Waals surface area (Å²) in [6.07, 6.45) is -0.637. The molecule has 2 aliphatic heterocycles. The Balaban J connectivity index is 1.71. The minimum absolute atomic E-state index is 0.0644. The van der Waals surface area contributed by atoms with Crippen LogP contribution in [0.1, 0.15) is 67.4 Å². The van der Waals surface area contributed by atoms with E-state index in [-0.39, 0.29) is 35.9 Å². The van der Waals surface area contributed by atoms with Gasteiger partial charge in [0.05, 0.1) is 13.2 Å². The molecule has 0 radical (unpaired) electrons. The lowest BCUT2D eigenvalue weighted by Crippen LogP contribution is -2.65. The van der Waals surface area contributed by atoms with Gasteiger partial charge >= 0.3 is 14.3 Å². The molecule has 39 heavy (non-hydrogen) atoms. The summed E-state index contributed by atoms with van der Waals surface area (Å²) < 4.78 is 28.1. The van der Waals surface area contributed by atoms with Crippen molar-refractivity contribution < 1.29 is 23.4 Å². The van der Waals surface area contributed by atoms with Gasteiger partial charge in [0.1, 0.15) is 25.0 Å². The normalized spacial score (nSPS) is 27.1. The van der Waals surface area contributed by atoms with E-state index in [4.69, 9.17) is 18.3 Å². The quantitative estimate of drug-likeness (QED) is 0.509. The van der Waals surface area contributed by atoms with Gasteiger partial charge in [-0.15, -0.1) is 0 Å². The maximum Gasteiger partial charge on any atom is 0.349 e. The number of fused-ring (bicyclic) bond motifs is 1. The largest absolute Gasteiger partial charge is 0.391 e. The van der Waals surface area contributed by atoms with Crippen LogP contribution < -0.4 is 11.2 Å². The Kier molecular flexibility index (Phi) is 8.21. The van der Waals surface area contributed by atoms with Gasteiger partial charge in [0.25, 0.3) is 5.56 Å². The van der Waals surface area contributed by atoms with Gasteiger partial charge in [0.2, 0.25) is 0 Å². The van der Waals surface area contributed by atoms with Crippen molar-refractivity contribution in [3.8, 4) is 0 Å². The lowest BCUT2D eigenvalue weighted by molar-refractivity contribution is -0.162. The van der Waals surface area contributed by atoms with E-state index in [9.17, 15) is 14.7 Å². The summed E-state index contributed by atoms with van der Waals surface area (Å²) in [4.78, 5) is 26.5. The Labute approximate surface area is 231 Å². The molecule has 0 amide bonds. The molecule has 4 atom stereocenters. The second kappa shape index (κ2) is 10.7. The third kappa shape index (κ3) is 5.35. The number of hydrogen-bond donors (Lipinski definition) is 1. The van der Waals surface area contributed by atoms with Crippen LogP contribution in [0.4, 0.5) is 0 Å². The number of rotatable bonds is 7. The monoisotopic (exact) mass is 560 g/mol. The third-order valence-corrected chi connectivity index (χ3v) is 12.9. The SMILES string of the molecule is CC(C)C[C@@]1(n2ccc(=O)n(COCc3ccccc3)c2=O)O[C@@H]2CO[Si](C(C)(C)C)(C(C)(C)C)O[C@H]2[C@H]1O. The lowest BCUT2D eigenvalue weighted by atomic mass is 9.93. The number of hydrogen-bond acceptors (Lipinski definition) is 7. The van der Waals surface area contributed by atoms with Gasteiger partial charge in [0.15, 0.2) is 5.72 Å². The van der Waals surface area contributed by atoms with Crippen LogP contribution in [0.5, 0.6) is 0 Å². The molecule has 10 heteroatoms. The van der Waals surface area contributed by atoms with E-state index in [0.29, 0.717) is 6.42 Å². The molecule has 0 saturated carbocycles. The van der Waals surface area contributed by atoms with Gasteiger partial charge < -0.3 is 23.4 Å². The zero-order valence-electron chi connectivity index (χ0n) is 24.5. The first-order chi connectivity index (χ1) is 18.1. The van der Waals surface area contributed by atoms with Gasteiger partial charge in [0, 0.05) is 28.8 Å². The lowest BCUT2D eigenvalue weighted by Gasteiger charge is -2.53. The van der Waals surface area contributed by atoms with Gasteiger partial charge in [-0.05, 0) is 11.5 Å². The Morgan fingerprint density at radius 2 is 1.72 bits per heavy atom. The van der Waals surface area contributed by atoms with E-state index in [1.54, 1.807) is 0 Å². The van der Waals surface area contributed by atoms with Crippen LogP contribution in [0.3, 0.4) is 0 Å². The van der Waals surface area contributed by atoms with Gasteiger partial charge in [-0.25, -0.2) is 9.36 Å². The van der Waals surface area contributed by atoms with E-state index < -0.39 is 43.8 Å². The zero-order valence-corrected chi connectivity index (χ0v) is 25.5. The zero-order chi connectivity index (χ0) is 28.8. The van der Waals surface area contributed by atoms with Gasteiger partial charge in [-0.3, -0.25) is 9.36 Å². The number of ether oxygens (including phenoxy) is 2. The molecule has 3 heterocycles. The molecule has 0 unspecified atom stereocenters. The van der Waals surface area contributed by atoms with Crippen LogP contribution in [0, 0.1) is 5.92 Å². The Morgan fingerprint density at radius 1 is 1.08 bits per heavy atom. The highest BCUT2D eigenvalue weighted by Gasteiger charge is 2.67. The third-order valence-electron chi connectivity index (χ3n) is 7.73. The minimum Gasteiger partial charge on any atom is -0.391 e. The maximum absolute atomic E-state index is 13.8. The molecule has 0 bridgehead atoms. The number of nitrogens with zero attached hydrogens (tertiary/aromatic N) is 2. The Bertz CT molecular complexity index is 1250. The Hall–Kier alpha value is -2.08. The van der Waals surface area contributed by atoms with E-state index >= 15 is 0 Å². The molecule has 4 rings (SSSR count). The first kappa shape index (κ1) is 29.9. The fraction of sp³-hybridized carbons (Fsp3) is 0.655. The fourth-order valence-corrected chi connectivity index (χ4v) is 11.2. The van der Waals surface area contributed by atoms with Crippen molar-refractivity contribution in [2.24, 2.45) is 5.92 Å². The Morgan fingerprint density at radius 3 is 2.31 bits per heavy atom. The molecule has 2 saturated heterocycles. The molecule has 2 aliphatic rings. The van der Waals surface area contributed by atoms with Gasteiger partial charge in [-0.2, -0.15) is 0 Å². The van der Waals surface area contributed by atoms with Crippen molar-refractivity contribution in [3.05, 3.63) is 69.0 Å². The molecule has 2 aromatic rings. The highest BCUT2D eigenvalue weighted by molar-refractivity contribution is 6.73. The van der Waals surface area contributed by atoms with Crippen molar-refractivity contribution in [1.82, 2.24) is 9.13 Å². The van der Waals surface area contributed by atoms with Crippen molar-refractivity contribution in [3.63, 3.8) is 0 Å². The molecular weight excluding hydrogens is 516 g/mol. The summed E-state index contributed by atoms with van der Waals surface area (Å²) in [7, 11) is -2.90. The average Bonchev–Trinajstić information content (AvgIpc) is 3.11. The molecule has 1 aromatic heterocycles. The highest BCUT2D eigenvalue weighted by atomic mass is 28.4. The van der Waals surface area contributed by atoms with E-state index in [1.807, 2.05) is 44.2 Å². The van der Waals surface area contributed by atoms with Crippen molar-refractivity contribution in [2.45, 2.75) is 109 Å². The van der Waals surface area contributed by atoms with Crippen LogP contribution in [-0.2, 0) is 37.4 Å². The second-order valence-electron chi connectivity index (χ2n) is 13.3.